The molecule has 0 radical (unpaired) electrons. The molecule has 1 aromatic carbocycles. The third-order valence-electron chi connectivity index (χ3n) is 2.32. The highest BCUT2D eigenvalue weighted by atomic mass is 16.5. The first kappa shape index (κ1) is 9.13. The Morgan fingerprint density at radius 3 is 2.64 bits per heavy atom. The second-order valence-corrected chi connectivity index (χ2v) is 3.71. The van der Waals surface area contributed by atoms with E-state index >= 15 is 0 Å². The number of benzene rings is 1. The Hall–Kier alpha value is -1.44. The molecule has 2 heteroatoms. The molecule has 0 saturated carbocycles. The van der Waals surface area contributed by atoms with Crippen molar-refractivity contribution in [1.82, 2.24) is 0 Å². The van der Waals surface area contributed by atoms with Gasteiger partial charge in [0, 0.05) is 17.4 Å². The van der Waals surface area contributed by atoms with Crippen molar-refractivity contribution in [3.63, 3.8) is 0 Å². The van der Waals surface area contributed by atoms with Crippen LogP contribution >= 0.6 is 0 Å². The molecule has 0 aliphatic rings. The van der Waals surface area contributed by atoms with Crippen LogP contribution in [0.5, 0.6) is 5.75 Å². The summed E-state index contributed by atoms with van der Waals surface area (Å²) in [5.41, 5.74) is 0.896. The van der Waals surface area contributed by atoms with Crippen LogP contribution in [0, 0.1) is 0 Å². The van der Waals surface area contributed by atoms with E-state index in [0.29, 0.717) is 5.92 Å². The Bertz CT molecular complexity index is 441. The van der Waals surface area contributed by atoms with Crippen LogP contribution in [0.1, 0.15) is 25.5 Å². The lowest BCUT2D eigenvalue weighted by Gasteiger charge is -1.97. The van der Waals surface area contributed by atoms with Crippen LogP contribution in [-0.4, -0.2) is 7.11 Å². The zero-order chi connectivity index (χ0) is 10.1. The zero-order valence-corrected chi connectivity index (χ0v) is 8.70. The highest BCUT2D eigenvalue weighted by Gasteiger charge is 2.07. The first-order chi connectivity index (χ1) is 6.70. The lowest BCUT2D eigenvalue weighted by Crippen LogP contribution is -1.80. The lowest BCUT2D eigenvalue weighted by atomic mass is 10.1. The van der Waals surface area contributed by atoms with Crippen molar-refractivity contribution >= 4 is 11.0 Å². The van der Waals surface area contributed by atoms with E-state index in [4.69, 9.17) is 9.15 Å². The minimum Gasteiger partial charge on any atom is -0.497 e. The first-order valence-corrected chi connectivity index (χ1v) is 4.78. The summed E-state index contributed by atoms with van der Waals surface area (Å²) in [6.07, 6.45) is 0. The fourth-order valence-electron chi connectivity index (χ4n) is 1.44. The topological polar surface area (TPSA) is 22.4 Å². The van der Waals surface area contributed by atoms with Gasteiger partial charge in [0.25, 0.3) is 0 Å². The average molecular weight is 190 g/mol. The molecule has 0 aliphatic carbocycles. The fraction of sp³-hybridized carbons (Fsp3) is 0.333. The van der Waals surface area contributed by atoms with Crippen molar-refractivity contribution in [2.75, 3.05) is 7.11 Å². The normalized spacial score (nSPS) is 11.1. The Morgan fingerprint density at radius 2 is 2.00 bits per heavy atom. The van der Waals surface area contributed by atoms with Gasteiger partial charge in [0.05, 0.1) is 7.11 Å². The molecule has 0 amide bonds. The molecule has 0 unspecified atom stereocenters. The van der Waals surface area contributed by atoms with Gasteiger partial charge >= 0.3 is 0 Å². The van der Waals surface area contributed by atoms with Crippen LogP contribution in [0.3, 0.4) is 0 Å². The molecule has 0 spiro atoms. The summed E-state index contributed by atoms with van der Waals surface area (Å²) < 4.78 is 10.8. The van der Waals surface area contributed by atoms with Gasteiger partial charge in [-0.15, -0.1) is 0 Å². The van der Waals surface area contributed by atoms with E-state index < -0.39 is 0 Å². The van der Waals surface area contributed by atoms with Crippen molar-refractivity contribution < 1.29 is 9.15 Å². The van der Waals surface area contributed by atoms with E-state index in [2.05, 4.69) is 19.9 Å². The van der Waals surface area contributed by atoms with Crippen molar-refractivity contribution in [1.29, 1.82) is 0 Å². The molecule has 74 valence electrons. The van der Waals surface area contributed by atoms with E-state index in [9.17, 15) is 0 Å². The predicted octanol–water partition coefficient (Wildman–Crippen LogP) is 3.56. The molecule has 0 atom stereocenters. The molecule has 14 heavy (non-hydrogen) atoms. The molecule has 0 saturated heterocycles. The van der Waals surface area contributed by atoms with E-state index in [1.807, 2.05) is 18.2 Å². The molecule has 2 nitrogen and oxygen atoms in total. The Kier molecular flexibility index (Phi) is 2.20. The summed E-state index contributed by atoms with van der Waals surface area (Å²) in [4.78, 5) is 0. The highest BCUT2D eigenvalue weighted by molar-refractivity contribution is 5.79. The van der Waals surface area contributed by atoms with Gasteiger partial charge in [-0.1, -0.05) is 13.8 Å². The number of ether oxygens (including phenoxy) is 1. The third-order valence-corrected chi connectivity index (χ3v) is 2.32. The molecule has 0 fully saturated rings. The van der Waals surface area contributed by atoms with Gasteiger partial charge in [0.2, 0.25) is 0 Å². The standard InChI is InChI=1S/C12H14O2/c1-8(2)11-6-9-4-5-10(13-3)7-12(9)14-11/h4-8H,1-3H3. The van der Waals surface area contributed by atoms with Crippen LogP contribution in [-0.2, 0) is 0 Å². The van der Waals surface area contributed by atoms with Gasteiger partial charge in [-0.05, 0) is 18.2 Å². The van der Waals surface area contributed by atoms with Gasteiger partial charge in [-0.2, -0.15) is 0 Å². The summed E-state index contributed by atoms with van der Waals surface area (Å²) in [6, 6.07) is 7.96. The smallest absolute Gasteiger partial charge is 0.137 e. The van der Waals surface area contributed by atoms with Crippen LogP contribution in [0.2, 0.25) is 0 Å². The number of fused-ring (bicyclic) bond motifs is 1. The van der Waals surface area contributed by atoms with Gasteiger partial charge in [-0.3, -0.25) is 0 Å². The van der Waals surface area contributed by atoms with E-state index in [0.717, 1.165) is 22.5 Å². The second-order valence-electron chi connectivity index (χ2n) is 3.71. The summed E-state index contributed by atoms with van der Waals surface area (Å²) in [5, 5.41) is 1.13. The zero-order valence-electron chi connectivity index (χ0n) is 8.70. The Labute approximate surface area is 83.5 Å². The fourth-order valence-corrected chi connectivity index (χ4v) is 1.44. The molecule has 2 aromatic rings. The maximum absolute atomic E-state index is 5.69. The minimum atomic E-state index is 0.424. The Morgan fingerprint density at radius 1 is 1.21 bits per heavy atom. The largest absolute Gasteiger partial charge is 0.497 e. The maximum Gasteiger partial charge on any atom is 0.137 e. The number of hydrogen-bond donors (Lipinski definition) is 0. The third kappa shape index (κ3) is 1.48. The summed E-state index contributed by atoms with van der Waals surface area (Å²) in [5.74, 6) is 2.28. The van der Waals surface area contributed by atoms with Gasteiger partial charge in [0.15, 0.2) is 0 Å². The number of rotatable bonds is 2. The highest BCUT2D eigenvalue weighted by Crippen LogP contribution is 2.27. The van der Waals surface area contributed by atoms with Crippen LogP contribution < -0.4 is 4.74 Å². The second kappa shape index (κ2) is 3.37. The van der Waals surface area contributed by atoms with Gasteiger partial charge in [0.1, 0.15) is 17.1 Å². The van der Waals surface area contributed by atoms with Crippen molar-refractivity contribution in [2.45, 2.75) is 19.8 Å². The SMILES string of the molecule is COc1ccc2cc(C(C)C)oc2c1. The summed E-state index contributed by atoms with van der Waals surface area (Å²) in [7, 11) is 1.66. The number of furan rings is 1. The average Bonchev–Trinajstić information content (AvgIpc) is 2.59. The van der Waals surface area contributed by atoms with Crippen LogP contribution in [0.15, 0.2) is 28.7 Å². The Balaban J connectivity index is 2.54. The van der Waals surface area contributed by atoms with E-state index in [-0.39, 0.29) is 0 Å². The van der Waals surface area contributed by atoms with Crippen molar-refractivity contribution in [3.8, 4) is 5.75 Å². The van der Waals surface area contributed by atoms with Crippen LogP contribution in [0.4, 0.5) is 0 Å². The van der Waals surface area contributed by atoms with Crippen molar-refractivity contribution in [2.24, 2.45) is 0 Å². The quantitative estimate of drug-likeness (QED) is 0.722. The molecular weight excluding hydrogens is 176 g/mol. The van der Waals surface area contributed by atoms with Gasteiger partial charge < -0.3 is 9.15 Å². The predicted molar refractivity (Wildman–Crippen MR) is 56.9 cm³/mol. The molecule has 0 aliphatic heterocycles. The van der Waals surface area contributed by atoms with E-state index in [1.165, 1.54) is 0 Å². The number of hydrogen-bond acceptors (Lipinski definition) is 2. The molecule has 1 heterocycles. The van der Waals surface area contributed by atoms with Crippen molar-refractivity contribution in [3.05, 3.63) is 30.0 Å². The number of methoxy groups -OCH3 is 1. The lowest BCUT2D eigenvalue weighted by molar-refractivity contribution is 0.414. The first-order valence-electron chi connectivity index (χ1n) is 4.78. The molecular formula is C12H14O2. The maximum atomic E-state index is 5.69. The summed E-state index contributed by atoms with van der Waals surface area (Å²) in [6.45, 7) is 4.24. The molecule has 0 N–H and O–H groups in total. The monoisotopic (exact) mass is 190 g/mol. The molecule has 1 aromatic heterocycles. The molecule has 0 bridgehead atoms. The van der Waals surface area contributed by atoms with Crippen LogP contribution in [0.25, 0.3) is 11.0 Å². The van der Waals surface area contributed by atoms with E-state index in [1.54, 1.807) is 7.11 Å². The van der Waals surface area contributed by atoms with Gasteiger partial charge in [-0.25, -0.2) is 0 Å². The molecule has 2 rings (SSSR count). The minimum absolute atomic E-state index is 0.424. The summed E-state index contributed by atoms with van der Waals surface area (Å²) >= 11 is 0.